The maximum absolute atomic E-state index is 6.30. The van der Waals surface area contributed by atoms with Crippen LogP contribution in [0.5, 0.6) is 0 Å². The van der Waals surface area contributed by atoms with E-state index >= 15 is 0 Å². The summed E-state index contributed by atoms with van der Waals surface area (Å²) in [7, 11) is -0.406. The van der Waals surface area contributed by atoms with Crippen LogP contribution in [-0.4, -0.2) is 48.2 Å². The van der Waals surface area contributed by atoms with Crippen molar-refractivity contribution in [3.05, 3.63) is 328 Å². The largest absolute Gasteiger partial charge is 0.494 e. The van der Waals surface area contributed by atoms with Gasteiger partial charge in [0.15, 0.2) is 34.9 Å². The summed E-state index contributed by atoms with van der Waals surface area (Å²) in [5, 5.41) is 0. The van der Waals surface area contributed by atoms with Crippen molar-refractivity contribution in [1.29, 1.82) is 0 Å². The monoisotopic (exact) mass is 1480 g/mol. The van der Waals surface area contributed by atoms with Gasteiger partial charge in [0.05, 0.1) is 11.2 Å². The van der Waals surface area contributed by atoms with E-state index in [-0.39, 0.29) is 11.2 Å². The summed E-state index contributed by atoms with van der Waals surface area (Å²) in [6.45, 7) is 8.30. The van der Waals surface area contributed by atoms with Crippen molar-refractivity contribution in [3.8, 4) is 124 Å². The van der Waals surface area contributed by atoms with E-state index in [1.54, 1.807) is 0 Å². The average Bonchev–Trinajstić information content (AvgIpc) is 1.56. The fourth-order valence-electron chi connectivity index (χ4n) is 11.1. The maximum Gasteiger partial charge on any atom is 0.494 e. The van der Waals surface area contributed by atoms with Gasteiger partial charge in [0.1, 0.15) is 0 Å². The Morgan fingerprint density at radius 2 is 0.490 bits per heavy atom. The molecule has 0 radical (unpaired) electrons. The Bertz CT molecular complexity index is 4920. The molecule has 12 aromatic carbocycles. The molecule has 0 atom stereocenters. The minimum absolute atomic E-state index is 0.388. The molecule has 1 aliphatic heterocycles. The summed E-state index contributed by atoms with van der Waals surface area (Å²) >= 11 is 9.22. The zero-order chi connectivity index (χ0) is 66.0. The third kappa shape index (κ3) is 15.7. The molecule has 0 unspecified atom stereocenters. The highest BCUT2D eigenvalue weighted by molar-refractivity contribution is 14.1. The van der Waals surface area contributed by atoms with Crippen LogP contribution in [0.4, 0.5) is 0 Å². The first kappa shape index (κ1) is 65.0. The zero-order valence-corrected chi connectivity index (χ0v) is 58.6. The molecular weight excluding hydrogens is 1420 g/mol. The first-order valence-corrected chi connectivity index (χ1v) is 34.3. The molecule has 466 valence electrons. The first-order chi connectivity index (χ1) is 46.7. The van der Waals surface area contributed by atoms with Crippen LogP contribution in [0, 0.1) is 3.57 Å². The second-order valence-electron chi connectivity index (χ2n) is 24.1. The molecule has 1 fully saturated rings. The van der Waals surface area contributed by atoms with Crippen LogP contribution in [-0.2, 0) is 9.31 Å². The molecule has 0 amide bonds. The Hall–Kier alpha value is -9.67. The molecule has 12 heteroatoms. The topological polar surface area (TPSA) is 95.8 Å². The van der Waals surface area contributed by atoms with E-state index in [0.29, 0.717) is 34.9 Å². The van der Waals surface area contributed by atoms with E-state index in [0.717, 1.165) is 81.2 Å². The van der Waals surface area contributed by atoms with Gasteiger partial charge in [0.2, 0.25) is 0 Å². The zero-order valence-electron chi connectivity index (χ0n) is 53.2. The second kappa shape index (κ2) is 29.5. The lowest BCUT2D eigenvalue weighted by atomic mass is 9.78. The normalized spacial score (nSPS) is 12.8. The summed E-state index contributed by atoms with van der Waals surface area (Å²) in [6.07, 6.45) is 0. The second-order valence-corrected chi connectivity index (χ2v) is 27.2. The summed E-state index contributed by atoms with van der Waals surface area (Å²) in [6, 6.07) is 108. The molecule has 3 heterocycles. The van der Waals surface area contributed by atoms with E-state index in [9.17, 15) is 0 Å². The third-order valence-electron chi connectivity index (χ3n) is 17.0. The number of halogens is 3. The molecule has 1 saturated heterocycles. The summed E-state index contributed by atoms with van der Waals surface area (Å²) < 4.78 is 16.1. The van der Waals surface area contributed by atoms with Crippen LogP contribution in [0.3, 0.4) is 0 Å². The summed E-state index contributed by atoms with van der Waals surface area (Å²) in [4.78, 5) is 29.5. The number of hydrogen-bond acceptors (Lipinski definition) is 8. The number of nitrogens with zero attached hydrogens (tertiary/aromatic N) is 6. The highest BCUT2D eigenvalue weighted by Gasteiger charge is 2.51. The Morgan fingerprint density at radius 3 is 0.823 bits per heavy atom. The van der Waals surface area contributed by atoms with Gasteiger partial charge in [-0.3, -0.25) is 0 Å². The minimum Gasteiger partial charge on any atom is -0.399 e. The van der Waals surface area contributed by atoms with Gasteiger partial charge in [-0.1, -0.05) is 311 Å². The quantitative estimate of drug-likeness (QED) is 0.0882. The van der Waals surface area contributed by atoms with Gasteiger partial charge in [0, 0.05) is 45.9 Å². The van der Waals surface area contributed by atoms with E-state index in [2.05, 4.69) is 307 Å². The molecule has 8 nitrogen and oxygen atoms in total. The molecule has 15 rings (SSSR count). The van der Waals surface area contributed by atoms with Gasteiger partial charge in [-0.25, -0.2) is 29.9 Å². The molecular formula is C84H64BBr2IN6O2. The number of aromatic nitrogens is 6. The Balaban J connectivity index is 0.000000155. The molecule has 2 aromatic heterocycles. The van der Waals surface area contributed by atoms with Crippen molar-refractivity contribution in [3.63, 3.8) is 0 Å². The lowest BCUT2D eigenvalue weighted by Gasteiger charge is -2.32. The molecule has 1 aliphatic rings. The van der Waals surface area contributed by atoms with Gasteiger partial charge in [-0.15, -0.1) is 0 Å². The molecule has 0 aliphatic carbocycles. The Morgan fingerprint density at radius 1 is 0.250 bits per heavy atom. The highest BCUT2D eigenvalue weighted by atomic mass is 127. The van der Waals surface area contributed by atoms with Crippen LogP contribution >= 0.6 is 54.5 Å². The van der Waals surface area contributed by atoms with Crippen LogP contribution in [0.1, 0.15) is 27.7 Å². The highest BCUT2D eigenvalue weighted by Crippen LogP contribution is 2.38. The summed E-state index contributed by atoms with van der Waals surface area (Å²) in [5.41, 5.74) is 17.3. The van der Waals surface area contributed by atoms with Crippen LogP contribution in [0.15, 0.2) is 324 Å². The van der Waals surface area contributed by atoms with Gasteiger partial charge in [-0.05, 0) is 148 Å². The summed E-state index contributed by atoms with van der Waals surface area (Å²) in [5.74, 6) is 3.85. The third-order valence-corrected chi connectivity index (χ3v) is 18.7. The van der Waals surface area contributed by atoms with Gasteiger partial charge in [-0.2, -0.15) is 0 Å². The van der Waals surface area contributed by atoms with Crippen molar-refractivity contribution in [1.82, 2.24) is 29.9 Å². The van der Waals surface area contributed by atoms with E-state index < -0.39 is 7.12 Å². The van der Waals surface area contributed by atoms with Crippen molar-refractivity contribution < 1.29 is 9.31 Å². The molecule has 0 bridgehead atoms. The van der Waals surface area contributed by atoms with E-state index in [4.69, 9.17) is 39.2 Å². The predicted molar refractivity (Wildman–Crippen MR) is 410 cm³/mol. The molecule has 14 aromatic rings. The van der Waals surface area contributed by atoms with Crippen molar-refractivity contribution in [2.24, 2.45) is 0 Å². The maximum atomic E-state index is 6.30. The molecule has 0 saturated carbocycles. The Kier molecular flexibility index (Phi) is 20.0. The predicted octanol–water partition coefficient (Wildman–Crippen LogP) is 22.2. The molecule has 0 spiro atoms. The van der Waals surface area contributed by atoms with Gasteiger partial charge in [0.25, 0.3) is 0 Å². The average molecular weight is 1490 g/mol. The molecule has 96 heavy (non-hydrogen) atoms. The van der Waals surface area contributed by atoms with E-state index in [1.165, 1.54) is 25.8 Å². The van der Waals surface area contributed by atoms with Crippen LogP contribution in [0.25, 0.3) is 124 Å². The lowest BCUT2D eigenvalue weighted by Crippen LogP contribution is -2.41. The van der Waals surface area contributed by atoms with Gasteiger partial charge < -0.3 is 9.31 Å². The fourth-order valence-corrected chi connectivity index (χ4v) is 12.8. The van der Waals surface area contributed by atoms with Crippen molar-refractivity contribution in [2.75, 3.05) is 0 Å². The number of hydrogen-bond donors (Lipinski definition) is 0. The SMILES string of the molecule is Brc1cccc(-c2cccc(-c3ccc(-c4nc(-c5ccccc5)nc(-c5ccc(-c6ccccc6)cc5)n4)cc3)c2)c1.Brc1cccc(I)c1.CC1(C)OB(c2cccc(-c3ccc(-c4nc(-c5ccccc5)nc(-c5ccc(-c6ccccc6)cc5)n4)cc3)c2)OC1(C)C. The lowest BCUT2D eigenvalue weighted by molar-refractivity contribution is 0.00578. The van der Waals surface area contributed by atoms with Crippen LogP contribution in [0.2, 0.25) is 0 Å². The Labute approximate surface area is 592 Å². The number of rotatable bonds is 12. The van der Waals surface area contributed by atoms with Crippen molar-refractivity contribution >= 4 is 67.0 Å². The van der Waals surface area contributed by atoms with Crippen molar-refractivity contribution in [2.45, 2.75) is 38.9 Å². The van der Waals surface area contributed by atoms with Gasteiger partial charge >= 0.3 is 7.12 Å². The standard InChI is InChI=1S/C39H34BN3O2.C39H26BrN3.C6H4BrI/c1-38(2)39(3,4)45-40(44-38)34-17-11-16-33(26-34)29-20-24-32(25-21-29)37-42-35(30-14-9-6-10-15-30)41-36(43-37)31-22-18-28(19-23-31)27-12-7-5-8-13-27;40-36-16-8-15-35(26-36)34-14-7-13-33(25-34)29-19-23-32(24-20-29)39-42-37(30-11-5-2-6-12-30)41-38(43-39)31-21-17-28(18-22-31)27-9-3-1-4-10-27;7-5-2-1-3-6(8)4-5/h5-26H,1-4H3;1-26H;1-4H. The molecule has 0 N–H and O–H groups in total. The minimum atomic E-state index is -0.406. The van der Waals surface area contributed by atoms with Crippen LogP contribution < -0.4 is 5.46 Å². The fraction of sp³-hybridized carbons (Fsp3) is 0.0714. The first-order valence-electron chi connectivity index (χ1n) is 31.6. The number of benzene rings is 12. The smallest absolute Gasteiger partial charge is 0.399 e. The van der Waals surface area contributed by atoms with E-state index in [1.807, 2.05) is 91.0 Å².